The minimum Gasteiger partial charge on any atom is -0.376 e. The quantitative estimate of drug-likeness (QED) is 0.179. The Balaban J connectivity index is 0.00000320. The molecule has 7 nitrogen and oxygen atoms in total. The van der Waals surface area contributed by atoms with Gasteiger partial charge in [-0.15, -0.1) is 24.0 Å². The van der Waals surface area contributed by atoms with E-state index in [9.17, 15) is 0 Å². The number of hydrogen-bond donors (Lipinski definition) is 2. The molecular weight excluding hydrogens is 491 g/mol. The van der Waals surface area contributed by atoms with Gasteiger partial charge in [-0.1, -0.05) is 31.7 Å². The monoisotopic (exact) mass is 526 g/mol. The summed E-state index contributed by atoms with van der Waals surface area (Å²) in [4.78, 5) is 13.4. The normalized spacial score (nSPS) is 15.3. The number of rotatable bonds is 8. The van der Waals surface area contributed by atoms with Crippen LogP contribution in [0.3, 0.4) is 0 Å². The first kappa shape index (κ1) is 24.6. The summed E-state index contributed by atoms with van der Waals surface area (Å²) >= 11 is 0. The number of nitrogens with one attached hydrogen (secondary N) is 2. The molecule has 1 fully saturated rings. The fraction of sp³-hybridized carbons (Fsp3) is 0.591. The number of ether oxygens (including phenoxy) is 1. The van der Waals surface area contributed by atoms with Crippen LogP contribution in [0, 0.1) is 6.92 Å². The van der Waals surface area contributed by atoms with Crippen molar-refractivity contribution in [3.05, 3.63) is 42.1 Å². The second-order valence-corrected chi connectivity index (χ2v) is 7.48. The number of aryl methyl sites for hydroxylation is 1. The van der Waals surface area contributed by atoms with Crippen LogP contribution in [0.5, 0.6) is 0 Å². The van der Waals surface area contributed by atoms with Crippen LogP contribution < -0.4 is 10.6 Å². The highest BCUT2D eigenvalue weighted by Crippen LogP contribution is 2.19. The van der Waals surface area contributed by atoms with Crippen molar-refractivity contribution in [2.45, 2.75) is 65.0 Å². The zero-order valence-electron chi connectivity index (χ0n) is 18.1. The van der Waals surface area contributed by atoms with Crippen LogP contribution in [0.2, 0.25) is 0 Å². The topological polar surface area (TPSA) is 76.4 Å². The smallest absolute Gasteiger partial charge is 0.191 e. The fourth-order valence-corrected chi connectivity index (χ4v) is 3.59. The van der Waals surface area contributed by atoms with Gasteiger partial charge in [-0.25, -0.2) is 15.0 Å². The van der Waals surface area contributed by atoms with E-state index in [2.05, 4.69) is 38.6 Å². The van der Waals surface area contributed by atoms with Crippen molar-refractivity contribution in [3.63, 3.8) is 0 Å². The van der Waals surface area contributed by atoms with Gasteiger partial charge in [-0.3, -0.25) is 4.57 Å². The number of hydrogen-bond acceptors (Lipinski definition) is 4. The summed E-state index contributed by atoms with van der Waals surface area (Å²) in [6.45, 7) is 6.92. The molecule has 0 unspecified atom stereocenters. The first-order valence-corrected chi connectivity index (χ1v) is 10.9. The standard InChI is InChI=1S/C22H34N6O.HI/c1-3-23-22(25-13-15-29-20-8-6-4-5-7-9-20)27-17-19-10-11-21(26-16-19)28-14-12-24-18(28)2;/h10-12,14,16,20H,3-9,13,15,17H2,1-2H3,(H2,23,25,27);1H. The second kappa shape index (κ2) is 13.6. The van der Waals surface area contributed by atoms with Gasteiger partial charge >= 0.3 is 0 Å². The van der Waals surface area contributed by atoms with Gasteiger partial charge < -0.3 is 15.4 Å². The number of imidazole rings is 1. The molecule has 166 valence electrons. The summed E-state index contributed by atoms with van der Waals surface area (Å²) in [5, 5.41) is 6.66. The number of aromatic nitrogens is 3. The van der Waals surface area contributed by atoms with E-state index >= 15 is 0 Å². The molecule has 0 spiro atoms. The van der Waals surface area contributed by atoms with Crippen molar-refractivity contribution in [1.82, 2.24) is 25.2 Å². The molecule has 0 amide bonds. The number of aliphatic imine (C=N–C) groups is 1. The third kappa shape index (κ3) is 7.86. The Hall–Kier alpha value is -1.68. The molecule has 0 bridgehead atoms. The molecule has 3 rings (SSSR count). The van der Waals surface area contributed by atoms with Crippen LogP contribution in [0.25, 0.3) is 5.82 Å². The van der Waals surface area contributed by atoms with Gasteiger partial charge in [-0.05, 0) is 38.3 Å². The van der Waals surface area contributed by atoms with E-state index in [-0.39, 0.29) is 24.0 Å². The van der Waals surface area contributed by atoms with Crippen molar-refractivity contribution >= 4 is 29.9 Å². The highest BCUT2D eigenvalue weighted by atomic mass is 127. The van der Waals surface area contributed by atoms with Gasteiger partial charge in [0.25, 0.3) is 0 Å². The summed E-state index contributed by atoms with van der Waals surface area (Å²) in [6, 6.07) is 4.06. The molecule has 0 aromatic carbocycles. The van der Waals surface area contributed by atoms with Crippen LogP contribution in [0.4, 0.5) is 0 Å². The molecular formula is C22H35IN6O. The Bertz CT molecular complexity index is 753. The molecule has 0 atom stereocenters. The first-order valence-electron chi connectivity index (χ1n) is 10.9. The maximum absolute atomic E-state index is 6.05. The average Bonchev–Trinajstić information content (AvgIpc) is 3.00. The summed E-state index contributed by atoms with van der Waals surface area (Å²) in [6.07, 6.45) is 13.7. The number of pyridine rings is 1. The lowest BCUT2D eigenvalue weighted by Crippen LogP contribution is -2.39. The lowest BCUT2D eigenvalue weighted by Gasteiger charge is -2.16. The highest BCUT2D eigenvalue weighted by molar-refractivity contribution is 14.0. The minimum absolute atomic E-state index is 0. The van der Waals surface area contributed by atoms with E-state index in [1.54, 1.807) is 6.20 Å². The number of halogens is 1. The maximum atomic E-state index is 6.05. The Morgan fingerprint density at radius 2 is 1.97 bits per heavy atom. The molecule has 2 aromatic rings. The zero-order chi connectivity index (χ0) is 20.3. The Morgan fingerprint density at radius 3 is 2.60 bits per heavy atom. The molecule has 2 aromatic heterocycles. The summed E-state index contributed by atoms with van der Waals surface area (Å²) < 4.78 is 8.01. The first-order chi connectivity index (χ1) is 14.3. The van der Waals surface area contributed by atoms with Gasteiger partial charge in [0, 0.05) is 31.7 Å². The van der Waals surface area contributed by atoms with Gasteiger partial charge in [0.15, 0.2) is 5.96 Å². The summed E-state index contributed by atoms with van der Waals surface area (Å²) in [7, 11) is 0. The van der Waals surface area contributed by atoms with E-state index in [0.717, 1.165) is 42.9 Å². The van der Waals surface area contributed by atoms with Gasteiger partial charge in [0.1, 0.15) is 11.6 Å². The molecule has 0 radical (unpaired) electrons. The van der Waals surface area contributed by atoms with E-state index in [1.807, 2.05) is 30.0 Å². The maximum Gasteiger partial charge on any atom is 0.191 e. The Labute approximate surface area is 197 Å². The van der Waals surface area contributed by atoms with Crippen molar-refractivity contribution in [1.29, 1.82) is 0 Å². The highest BCUT2D eigenvalue weighted by Gasteiger charge is 2.12. The number of nitrogens with zero attached hydrogens (tertiary/aromatic N) is 4. The van der Waals surface area contributed by atoms with Crippen molar-refractivity contribution in [3.8, 4) is 5.82 Å². The third-order valence-electron chi connectivity index (χ3n) is 5.20. The van der Waals surface area contributed by atoms with E-state index < -0.39 is 0 Å². The van der Waals surface area contributed by atoms with Crippen molar-refractivity contribution in [2.24, 2.45) is 4.99 Å². The Kier molecular flexibility index (Phi) is 11.1. The SMILES string of the molecule is CCNC(=NCc1ccc(-n2ccnc2C)nc1)NCCOC1CCCCCC1.I. The van der Waals surface area contributed by atoms with E-state index in [1.165, 1.54) is 38.5 Å². The van der Waals surface area contributed by atoms with Crippen LogP contribution in [-0.4, -0.2) is 46.3 Å². The molecule has 1 saturated carbocycles. The van der Waals surface area contributed by atoms with Crippen molar-refractivity contribution in [2.75, 3.05) is 19.7 Å². The van der Waals surface area contributed by atoms with Gasteiger partial charge in [0.05, 0.1) is 19.3 Å². The summed E-state index contributed by atoms with van der Waals surface area (Å²) in [5.41, 5.74) is 1.07. The van der Waals surface area contributed by atoms with Gasteiger partial charge in [0.2, 0.25) is 0 Å². The van der Waals surface area contributed by atoms with Crippen LogP contribution >= 0.6 is 24.0 Å². The zero-order valence-corrected chi connectivity index (χ0v) is 20.5. The van der Waals surface area contributed by atoms with E-state index in [4.69, 9.17) is 4.74 Å². The van der Waals surface area contributed by atoms with E-state index in [0.29, 0.717) is 12.6 Å². The largest absolute Gasteiger partial charge is 0.376 e. The molecule has 1 aliphatic rings. The second-order valence-electron chi connectivity index (χ2n) is 7.48. The number of guanidine groups is 1. The fourth-order valence-electron chi connectivity index (χ4n) is 3.59. The molecule has 2 N–H and O–H groups in total. The molecule has 0 aliphatic heterocycles. The molecule has 8 heteroatoms. The molecule has 30 heavy (non-hydrogen) atoms. The van der Waals surface area contributed by atoms with Crippen molar-refractivity contribution < 1.29 is 4.74 Å². The lowest BCUT2D eigenvalue weighted by molar-refractivity contribution is 0.0468. The van der Waals surface area contributed by atoms with Crippen LogP contribution in [0.1, 0.15) is 56.8 Å². The lowest BCUT2D eigenvalue weighted by atomic mass is 10.1. The molecule has 0 saturated heterocycles. The van der Waals surface area contributed by atoms with Crippen LogP contribution in [-0.2, 0) is 11.3 Å². The predicted octanol–water partition coefficient (Wildman–Crippen LogP) is 3.99. The average molecular weight is 526 g/mol. The van der Waals surface area contributed by atoms with Gasteiger partial charge in [-0.2, -0.15) is 0 Å². The third-order valence-corrected chi connectivity index (χ3v) is 5.20. The molecule has 2 heterocycles. The summed E-state index contributed by atoms with van der Waals surface area (Å²) in [5.74, 6) is 2.60. The molecule has 1 aliphatic carbocycles. The Morgan fingerprint density at radius 1 is 1.17 bits per heavy atom. The predicted molar refractivity (Wildman–Crippen MR) is 132 cm³/mol. The van der Waals surface area contributed by atoms with Crippen LogP contribution in [0.15, 0.2) is 35.7 Å². The minimum atomic E-state index is 0.